The summed E-state index contributed by atoms with van der Waals surface area (Å²) in [5.41, 5.74) is 4.19. The van der Waals surface area contributed by atoms with Crippen molar-refractivity contribution in [2.75, 3.05) is 33.2 Å². The molecule has 5 rings (SSSR count). The summed E-state index contributed by atoms with van der Waals surface area (Å²) in [5, 5.41) is 0. The number of nitrogens with zero attached hydrogens (tertiary/aromatic N) is 3. The number of aromatic amines is 1. The van der Waals surface area contributed by atoms with E-state index in [0.717, 1.165) is 43.0 Å². The van der Waals surface area contributed by atoms with Gasteiger partial charge in [-0.2, -0.15) is 0 Å². The molecule has 8 heteroatoms. The third kappa shape index (κ3) is 6.59. The fourth-order valence-electron chi connectivity index (χ4n) is 4.63. The lowest BCUT2D eigenvalue weighted by Gasteiger charge is -2.32. The molecule has 39 heavy (non-hydrogen) atoms. The van der Waals surface area contributed by atoms with Crippen LogP contribution in [0.2, 0.25) is 0 Å². The van der Waals surface area contributed by atoms with Gasteiger partial charge in [0.25, 0.3) is 5.91 Å². The Bertz CT molecular complexity index is 1470. The number of likely N-dealkylation sites (N-methyl/N-ethyl adjacent to an activating group) is 1. The second-order valence-corrected chi connectivity index (χ2v) is 10.0. The van der Waals surface area contributed by atoms with Crippen LogP contribution in [-0.2, 0) is 17.6 Å². The molecule has 0 bridgehead atoms. The molecule has 0 aliphatic carbocycles. The molecule has 4 aromatic rings. The van der Waals surface area contributed by atoms with Crippen molar-refractivity contribution in [1.29, 1.82) is 0 Å². The molecule has 0 spiro atoms. The van der Waals surface area contributed by atoms with E-state index in [1.165, 1.54) is 6.07 Å². The van der Waals surface area contributed by atoms with E-state index in [1.54, 1.807) is 42.7 Å². The number of Topliss-reactive ketones (excluding diaryl/α,β-unsaturated/α-hetero) is 1. The number of pyridine rings is 1. The SMILES string of the molecule is Cc1ccc(F)c(CC(=O)Cc2ccc(Oc3ccnc(-c4cc(C(=O)N5CCN(C)CC5)c[nH]4)c3)cc2)c1. The molecule has 3 heterocycles. The molecule has 1 aliphatic heterocycles. The summed E-state index contributed by atoms with van der Waals surface area (Å²) < 4.78 is 20.0. The number of benzene rings is 2. The van der Waals surface area contributed by atoms with Crippen molar-refractivity contribution in [3.05, 3.63) is 101 Å². The van der Waals surface area contributed by atoms with E-state index in [0.29, 0.717) is 28.3 Å². The Kier molecular flexibility index (Phi) is 7.84. The number of carbonyl (C=O) groups is 2. The number of nitrogens with one attached hydrogen (secondary N) is 1. The van der Waals surface area contributed by atoms with Crippen LogP contribution in [0.15, 0.2) is 73.1 Å². The standard InChI is InChI=1S/C31H31FN4O3/c1-21-3-8-28(32)23(15-21)17-25(37)16-22-4-6-26(7-5-22)39-27-9-10-33-30(19-27)29-18-24(20-34-29)31(38)36-13-11-35(2)12-14-36/h3-10,15,18-20,34H,11-14,16-17H2,1-2H3. The summed E-state index contributed by atoms with van der Waals surface area (Å²) in [4.78, 5) is 37.1. The summed E-state index contributed by atoms with van der Waals surface area (Å²) in [6.07, 6.45) is 3.66. The Morgan fingerprint density at radius 2 is 1.72 bits per heavy atom. The van der Waals surface area contributed by atoms with E-state index in [2.05, 4.69) is 21.9 Å². The molecule has 0 unspecified atom stereocenters. The van der Waals surface area contributed by atoms with Gasteiger partial charge in [0.15, 0.2) is 0 Å². The van der Waals surface area contributed by atoms with Crippen molar-refractivity contribution in [3.8, 4) is 22.9 Å². The highest BCUT2D eigenvalue weighted by atomic mass is 19.1. The van der Waals surface area contributed by atoms with Crippen LogP contribution in [0.1, 0.15) is 27.0 Å². The highest BCUT2D eigenvalue weighted by Gasteiger charge is 2.21. The second kappa shape index (κ2) is 11.6. The first-order valence-corrected chi connectivity index (χ1v) is 13.0. The van der Waals surface area contributed by atoms with Gasteiger partial charge in [-0.3, -0.25) is 14.6 Å². The van der Waals surface area contributed by atoms with Crippen molar-refractivity contribution in [1.82, 2.24) is 19.8 Å². The van der Waals surface area contributed by atoms with Crippen LogP contribution in [0, 0.1) is 12.7 Å². The van der Waals surface area contributed by atoms with Gasteiger partial charge in [-0.05, 0) is 55.4 Å². The molecular formula is C31H31FN4O3. The number of amides is 1. The Hall–Kier alpha value is -4.30. The fraction of sp³-hybridized carbons (Fsp3) is 0.258. The van der Waals surface area contributed by atoms with Crippen molar-refractivity contribution >= 4 is 11.7 Å². The van der Waals surface area contributed by atoms with Gasteiger partial charge >= 0.3 is 0 Å². The van der Waals surface area contributed by atoms with Crippen LogP contribution < -0.4 is 4.74 Å². The van der Waals surface area contributed by atoms with Gasteiger partial charge in [-0.15, -0.1) is 0 Å². The van der Waals surface area contributed by atoms with Gasteiger partial charge in [-0.1, -0.05) is 29.8 Å². The maximum Gasteiger partial charge on any atom is 0.255 e. The molecule has 1 fully saturated rings. The van der Waals surface area contributed by atoms with Crippen LogP contribution in [-0.4, -0.2) is 64.7 Å². The quantitative estimate of drug-likeness (QED) is 0.347. The minimum Gasteiger partial charge on any atom is -0.457 e. The van der Waals surface area contributed by atoms with Gasteiger partial charge in [0, 0.05) is 57.5 Å². The highest BCUT2D eigenvalue weighted by molar-refractivity contribution is 5.95. The Balaban J connectivity index is 1.20. The predicted molar refractivity (Wildman–Crippen MR) is 147 cm³/mol. The third-order valence-corrected chi connectivity index (χ3v) is 6.88. The molecule has 1 N–H and O–H groups in total. The lowest BCUT2D eigenvalue weighted by atomic mass is 10.0. The lowest BCUT2D eigenvalue weighted by Crippen LogP contribution is -2.47. The number of aromatic nitrogens is 2. The zero-order chi connectivity index (χ0) is 27.4. The van der Waals surface area contributed by atoms with Crippen molar-refractivity contribution in [2.24, 2.45) is 0 Å². The highest BCUT2D eigenvalue weighted by Crippen LogP contribution is 2.26. The zero-order valence-corrected chi connectivity index (χ0v) is 22.1. The van der Waals surface area contributed by atoms with E-state index in [4.69, 9.17) is 4.74 Å². The summed E-state index contributed by atoms with van der Waals surface area (Å²) in [6, 6.07) is 17.5. The van der Waals surface area contributed by atoms with Crippen LogP contribution in [0.25, 0.3) is 11.4 Å². The number of hydrogen-bond donors (Lipinski definition) is 1. The van der Waals surface area contributed by atoms with Crippen molar-refractivity contribution < 1.29 is 18.7 Å². The van der Waals surface area contributed by atoms with E-state index in [1.807, 2.05) is 36.1 Å². The number of rotatable bonds is 8. The maximum absolute atomic E-state index is 14.0. The first-order valence-electron chi connectivity index (χ1n) is 13.0. The number of piperazine rings is 1. The first-order chi connectivity index (χ1) is 18.8. The third-order valence-electron chi connectivity index (χ3n) is 6.88. The average molecular weight is 527 g/mol. The van der Waals surface area contributed by atoms with Crippen LogP contribution in [0.3, 0.4) is 0 Å². The van der Waals surface area contributed by atoms with Crippen LogP contribution in [0.5, 0.6) is 11.5 Å². The number of ketones is 1. The number of carbonyl (C=O) groups excluding carboxylic acids is 2. The summed E-state index contributed by atoms with van der Waals surface area (Å²) in [5.74, 6) is 0.821. The van der Waals surface area contributed by atoms with Gasteiger partial charge < -0.3 is 19.5 Å². The smallest absolute Gasteiger partial charge is 0.255 e. The van der Waals surface area contributed by atoms with E-state index < -0.39 is 0 Å². The normalized spacial score (nSPS) is 13.9. The maximum atomic E-state index is 14.0. The Morgan fingerprint density at radius 3 is 2.49 bits per heavy atom. The van der Waals surface area contributed by atoms with Crippen LogP contribution in [0.4, 0.5) is 4.39 Å². The molecule has 0 atom stereocenters. The molecule has 2 aromatic heterocycles. The molecule has 200 valence electrons. The molecule has 0 saturated carbocycles. The lowest BCUT2D eigenvalue weighted by molar-refractivity contribution is -0.117. The minimum absolute atomic E-state index is 0.0144. The molecule has 7 nitrogen and oxygen atoms in total. The van der Waals surface area contributed by atoms with Crippen LogP contribution >= 0.6 is 0 Å². The van der Waals surface area contributed by atoms with Gasteiger partial charge in [-0.25, -0.2) is 4.39 Å². The number of hydrogen-bond acceptors (Lipinski definition) is 5. The van der Waals surface area contributed by atoms with E-state index in [9.17, 15) is 14.0 Å². The number of H-pyrrole nitrogens is 1. The summed E-state index contributed by atoms with van der Waals surface area (Å²) in [7, 11) is 2.06. The molecule has 1 aliphatic rings. The van der Waals surface area contributed by atoms with Gasteiger partial charge in [0.2, 0.25) is 0 Å². The second-order valence-electron chi connectivity index (χ2n) is 10.0. The first kappa shape index (κ1) is 26.3. The molecule has 2 aromatic carbocycles. The Labute approximate surface area is 227 Å². The average Bonchev–Trinajstić information content (AvgIpc) is 3.43. The summed E-state index contributed by atoms with van der Waals surface area (Å²) in [6.45, 7) is 5.05. The van der Waals surface area contributed by atoms with Gasteiger partial charge in [0.05, 0.1) is 17.0 Å². The monoisotopic (exact) mass is 526 g/mol. The van der Waals surface area contributed by atoms with Gasteiger partial charge in [0.1, 0.15) is 23.1 Å². The fourth-order valence-corrected chi connectivity index (χ4v) is 4.63. The van der Waals surface area contributed by atoms with E-state index >= 15 is 0 Å². The van der Waals surface area contributed by atoms with E-state index in [-0.39, 0.29) is 30.3 Å². The summed E-state index contributed by atoms with van der Waals surface area (Å²) >= 11 is 0. The largest absolute Gasteiger partial charge is 0.457 e. The molecular weight excluding hydrogens is 495 g/mol. The molecule has 1 saturated heterocycles. The molecule has 0 radical (unpaired) electrons. The Morgan fingerprint density at radius 1 is 0.949 bits per heavy atom. The zero-order valence-electron chi connectivity index (χ0n) is 22.1. The minimum atomic E-state index is -0.355. The number of ether oxygens (including phenoxy) is 1. The molecule has 1 amide bonds. The number of halogens is 1. The topological polar surface area (TPSA) is 78.5 Å². The van der Waals surface area contributed by atoms with Crippen molar-refractivity contribution in [2.45, 2.75) is 19.8 Å². The predicted octanol–water partition coefficient (Wildman–Crippen LogP) is 5.06. The number of aryl methyl sites for hydroxylation is 1. The van der Waals surface area contributed by atoms with Crippen molar-refractivity contribution in [3.63, 3.8) is 0 Å².